The van der Waals surface area contributed by atoms with Gasteiger partial charge >= 0.3 is 5.82 Å². The Morgan fingerprint density at radius 3 is 2.10 bits per heavy atom. The zero-order chi connectivity index (χ0) is 27.6. The summed E-state index contributed by atoms with van der Waals surface area (Å²) in [7, 11) is 0. The molecule has 200 valence electrons. The molecule has 0 saturated heterocycles. The van der Waals surface area contributed by atoms with Crippen LogP contribution in [-0.4, -0.2) is 9.78 Å². The van der Waals surface area contributed by atoms with Gasteiger partial charge < -0.3 is 0 Å². The standard InChI is InChI=1S/C37H38N3/c1-6-26-16-14-17-27(7-2)33(26)39-34-30-20-10-9-19-29(30)28-18-13-15-25(23-28)24-37(5)36(4,8-3)32-22-12-11-21-31(32)35(39)40(37)38-34/h9-23H,6-8,24H2,1-5H3/q+1. The Kier molecular flexibility index (Phi) is 5.64. The molecule has 40 heavy (non-hydrogen) atoms. The van der Waals surface area contributed by atoms with Crippen molar-refractivity contribution in [3.05, 3.63) is 113 Å². The summed E-state index contributed by atoms with van der Waals surface area (Å²) in [6, 6.07) is 34.0. The number of hydrogen-bond acceptors (Lipinski definition) is 1. The van der Waals surface area contributed by atoms with Gasteiger partial charge in [0.05, 0.1) is 11.1 Å². The summed E-state index contributed by atoms with van der Waals surface area (Å²) >= 11 is 0. The van der Waals surface area contributed by atoms with E-state index in [1.54, 1.807) is 0 Å². The van der Waals surface area contributed by atoms with Gasteiger partial charge in [-0.25, -0.2) is 0 Å². The van der Waals surface area contributed by atoms with Crippen LogP contribution >= 0.6 is 0 Å². The van der Waals surface area contributed by atoms with E-state index < -0.39 is 0 Å². The van der Waals surface area contributed by atoms with Crippen molar-refractivity contribution in [2.24, 2.45) is 0 Å². The summed E-state index contributed by atoms with van der Waals surface area (Å²) in [5, 5.41) is 5.69. The highest BCUT2D eigenvalue weighted by Gasteiger charge is 2.58. The topological polar surface area (TPSA) is 21.7 Å². The van der Waals surface area contributed by atoms with Crippen LogP contribution < -0.4 is 4.57 Å². The molecule has 4 bridgehead atoms. The van der Waals surface area contributed by atoms with Crippen molar-refractivity contribution in [2.45, 2.75) is 71.3 Å². The van der Waals surface area contributed by atoms with Crippen LogP contribution in [0.1, 0.15) is 63.3 Å². The first kappa shape index (κ1) is 25.0. The van der Waals surface area contributed by atoms with Gasteiger partial charge in [0.1, 0.15) is 11.2 Å². The third-order valence-corrected chi connectivity index (χ3v) is 10.1. The summed E-state index contributed by atoms with van der Waals surface area (Å²) in [5.74, 6) is 2.22. The number of para-hydroxylation sites is 1. The van der Waals surface area contributed by atoms with E-state index >= 15 is 0 Å². The normalized spacial score (nSPS) is 20.5. The molecule has 3 heteroatoms. The first-order valence-corrected chi connectivity index (χ1v) is 14.9. The summed E-state index contributed by atoms with van der Waals surface area (Å²) in [6.07, 6.45) is 3.87. The lowest BCUT2D eigenvalue weighted by molar-refractivity contribution is -0.574. The van der Waals surface area contributed by atoms with Crippen LogP contribution in [0, 0.1) is 0 Å². The van der Waals surface area contributed by atoms with Crippen LogP contribution in [0.25, 0.3) is 39.6 Å². The van der Waals surface area contributed by atoms with Crippen LogP contribution in [-0.2, 0) is 30.2 Å². The Hall–Kier alpha value is -3.98. The van der Waals surface area contributed by atoms with Crippen molar-refractivity contribution in [2.75, 3.05) is 0 Å². The van der Waals surface area contributed by atoms with E-state index in [0.717, 1.165) is 31.5 Å². The van der Waals surface area contributed by atoms with Crippen LogP contribution in [0.15, 0.2) is 91.0 Å². The van der Waals surface area contributed by atoms with Gasteiger partial charge in [-0.05, 0) is 71.7 Å². The second-order valence-electron chi connectivity index (χ2n) is 12.0. The monoisotopic (exact) mass is 524 g/mol. The van der Waals surface area contributed by atoms with Crippen molar-refractivity contribution in [1.82, 2.24) is 9.78 Å². The van der Waals surface area contributed by atoms with Crippen LogP contribution in [0.2, 0.25) is 0 Å². The molecular formula is C37H38N3+. The lowest BCUT2D eigenvalue weighted by Gasteiger charge is -2.47. The molecule has 2 aliphatic rings. The number of rotatable bonds is 4. The number of aryl methyl sites for hydroxylation is 2. The molecule has 0 fully saturated rings. The molecule has 7 rings (SSSR count). The lowest BCUT2D eigenvalue weighted by Crippen LogP contribution is -2.55. The van der Waals surface area contributed by atoms with E-state index in [4.69, 9.17) is 5.10 Å². The Morgan fingerprint density at radius 2 is 1.40 bits per heavy atom. The molecule has 0 N–H and O–H groups in total. The predicted molar refractivity (Wildman–Crippen MR) is 164 cm³/mol. The van der Waals surface area contributed by atoms with Crippen LogP contribution in [0.3, 0.4) is 0 Å². The molecule has 3 heterocycles. The molecule has 0 aliphatic carbocycles. The minimum Gasteiger partial charge on any atom is -0.189 e. The molecule has 2 aliphatic heterocycles. The molecule has 3 nitrogen and oxygen atoms in total. The largest absolute Gasteiger partial charge is 0.314 e. The highest BCUT2D eigenvalue weighted by molar-refractivity contribution is 5.81. The molecular weight excluding hydrogens is 486 g/mol. The third kappa shape index (κ3) is 3.24. The van der Waals surface area contributed by atoms with E-state index in [0.29, 0.717) is 0 Å². The summed E-state index contributed by atoms with van der Waals surface area (Å²) in [4.78, 5) is 0. The van der Waals surface area contributed by atoms with Gasteiger partial charge in [-0.3, -0.25) is 0 Å². The molecule has 0 saturated carbocycles. The second kappa shape index (κ2) is 9.02. The minimum absolute atomic E-state index is 0.107. The molecule has 1 aromatic heterocycles. The number of hydrogen-bond donors (Lipinski definition) is 0. The highest BCUT2D eigenvalue weighted by atomic mass is 15.4. The van der Waals surface area contributed by atoms with Crippen LogP contribution in [0.5, 0.6) is 0 Å². The third-order valence-electron chi connectivity index (χ3n) is 10.1. The summed E-state index contributed by atoms with van der Waals surface area (Å²) in [5.41, 5.74) is 11.4. The number of fused-ring (bicyclic) bond motifs is 8. The van der Waals surface area contributed by atoms with Gasteiger partial charge in [-0.1, -0.05) is 111 Å². The first-order chi connectivity index (χ1) is 19.4. The van der Waals surface area contributed by atoms with Gasteiger partial charge in [0.25, 0.3) is 5.82 Å². The maximum atomic E-state index is 5.69. The molecule has 4 aromatic carbocycles. The zero-order valence-corrected chi connectivity index (χ0v) is 24.3. The van der Waals surface area contributed by atoms with E-state index in [9.17, 15) is 0 Å². The molecule has 2 unspecified atom stereocenters. The second-order valence-corrected chi connectivity index (χ2v) is 12.0. The van der Waals surface area contributed by atoms with Crippen molar-refractivity contribution >= 4 is 0 Å². The SMILES string of the molecule is CCc1cccc(CC)c1-[n+]1c2nn3c1-c1ccccc1C(C)(CC)C3(C)Cc1cccc(c1)-c1ccccc1-2. The molecule has 0 spiro atoms. The minimum atomic E-state index is -0.274. The fraction of sp³-hybridized carbons (Fsp3) is 0.297. The van der Waals surface area contributed by atoms with Gasteiger partial charge in [0.15, 0.2) is 0 Å². The number of benzene rings is 4. The number of nitrogens with zero attached hydrogens (tertiary/aromatic N) is 3. The van der Waals surface area contributed by atoms with Gasteiger partial charge in [-0.15, -0.1) is 0 Å². The zero-order valence-electron chi connectivity index (χ0n) is 24.3. The van der Waals surface area contributed by atoms with Gasteiger partial charge in [-0.2, -0.15) is 4.57 Å². The molecule has 0 amide bonds. The van der Waals surface area contributed by atoms with E-state index in [1.165, 1.54) is 56.0 Å². The van der Waals surface area contributed by atoms with Crippen LogP contribution in [0.4, 0.5) is 0 Å². The maximum absolute atomic E-state index is 5.69. The van der Waals surface area contributed by atoms with E-state index in [2.05, 4.69) is 135 Å². The smallest absolute Gasteiger partial charge is 0.189 e. The Balaban J connectivity index is 1.74. The van der Waals surface area contributed by atoms with E-state index in [1.807, 2.05) is 0 Å². The van der Waals surface area contributed by atoms with Crippen molar-refractivity contribution in [3.8, 4) is 39.6 Å². The molecule has 5 aromatic rings. The summed E-state index contributed by atoms with van der Waals surface area (Å²) in [6.45, 7) is 11.8. The van der Waals surface area contributed by atoms with Crippen molar-refractivity contribution in [3.63, 3.8) is 0 Å². The number of aromatic nitrogens is 3. The van der Waals surface area contributed by atoms with Gasteiger partial charge in [0, 0.05) is 16.9 Å². The Bertz CT molecular complexity index is 1750. The average Bonchev–Trinajstić information content (AvgIpc) is 3.40. The quantitative estimate of drug-likeness (QED) is 0.217. The fourth-order valence-corrected chi connectivity index (χ4v) is 7.55. The first-order valence-electron chi connectivity index (χ1n) is 14.9. The Labute approximate surface area is 238 Å². The van der Waals surface area contributed by atoms with E-state index in [-0.39, 0.29) is 11.0 Å². The summed E-state index contributed by atoms with van der Waals surface area (Å²) < 4.78 is 4.95. The fourth-order valence-electron chi connectivity index (χ4n) is 7.55. The average molecular weight is 525 g/mol. The predicted octanol–water partition coefficient (Wildman–Crippen LogP) is 8.24. The maximum Gasteiger partial charge on any atom is 0.314 e. The van der Waals surface area contributed by atoms with Crippen molar-refractivity contribution in [1.29, 1.82) is 0 Å². The van der Waals surface area contributed by atoms with Gasteiger partial charge in [0.2, 0.25) is 0 Å². The highest BCUT2D eigenvalue weighted by Crippen LogP contribution is 2.53. The lowest BCUT2D eigenvalue weighted by atomic mass is 9.60. The Morgan fingerprint density at radius 1 is 0.750 bits per heavy atom. The molecule has 0 radical (unpaired) electrons. The van der Waals surface area contributed by atoms with Crippen molar-refractivity contribution < 1.29 is 4.57 Å². The molecule has 2 atom stereocenters.